The fourth-order valence-electron chi connectivity index (χ4n) is 1.93. The van der Waals surface area contributed by atoms with Crippen LogP contribution >= 0.6 is 0 Å². The maximum Gasteiger partial charge on any atom is 0.255 e. The number of carbonyl (C=O) groups excluding carboxylic acids is 1. The fourth-order valence-corrected chi connectivity index (χ4v) is 1.93. The molecule has 0 aliphatic rings. The van der Waals surface area contributed by atoms with Gasteiger partial charge in [-0.15, -0.1) is 0 Å². The number of benzene rings is 1. The lowest BCUT2D eigenvalue weighted by Crippen LogP contribution is -2.23. The second kappa shape index (κ2) is 5.61. The Bertz CT molecular complexity index is 550. The van der Waals surface area contributed by atoms with E-state index in [1.165, 1.54) is 0 Å². The molecule has 0 spiro atoms. The molecule has 19 heavy (non-hydrogen) atoms. The van der Waals surface area contributed by atoms with Crippen molar-refractivity contribution in [1.82, 2.24) is 5.32 Å². The van der Waals surface area contributed by atoms with Gasteiger partial charge in [-0.1, -0.05) is 12.1 Å². The molecule has 0 bridgehead atoms. The van der Waals surface area contributed by atoms with Crippen molar-refractivity contribution in [2.24, 2.45) is 0 Å². The molecule has 0 radical (unpaired) electrons. The van der Waals surface area contributed by atoms with Crippen molar-refractivity contribution in [2.75, 3.05) is 7.11 Å². The van der Waals surface area contributed by atoms with Gasteiger partial charge in [-0.2, -0.15) is 0 Å². The molecule has 1 N–H and O–H groups in total. The first-order valence-electron chi connectivity index (χ1n) is 6.07. The maximum absolute atomic E-state index is 12.0. The molecule has 0 saturated carbocycles. The van der Waals surface area contributed by atoms with E-state index >= 15 is 0 Å². The van der Waals surface area contributed by atoms with E-state index in [4.69, 9.17) is 9.15 Å². The van der Waals surface area contributed by atoms with Crippen LogP contribution in [0, 0.1) is 13.8 Å². The Morgan fingerprint density at radius 3 is 2.47 bits per heavy atom. The summed E-state index contributed by atoms with van der Waals surface area (Å²) in [5, 5.41) is 2.88. The van der Waals surface area contributed by atoms with Crippen LogP contribution < -0.4 is 10.1 Å². The summed E-state index contributed by atoms with van der Waals surface area (Å²) >= 11 is 0. The van der Waals surface area contributed by atoms with Crippen molar-refractivity contribution in [3.63, 3.8) is 0 Å². The molecule has 0 fully saturated rings. The van der Waals surface area contributed by atoms with Crippen LogP contribution in [-0.4, -0.2) is 13.0 Å². The summed E-state index contributed by atoms with van der Waals surface area (Å²) in [6.07, 6.45) is 1.59. The fraction of sp³-hybridized carbons (Fsp3) is 0.267. The molecule has 1 aromatic carbocycles. The lowest BCUT2D eigenvalue weighted by Gasteiger charge is -2.06. The predicted octanol–water partition coefficient (Wildman–Crippen LogP) is 2.84. The van der Waals surface area contributed by atoms with Crippen molar-refractivity contribution in [2.45, 2.75) is 20.4 Å². The molecule has 0 aliphatic heterocycles. The van der Waals surface area contributed by atoms with Crippen LogP contribution in [0.1, 0.15) is 27.2 Å². The number of amides is 1. The smallest absolute Gasteiger partial charge is 0.255 e. The molecular weight excluding hydrogens is 242 g/mol. The number of rotatable bonds is 4. The van der Waals surface area contributed by atoms with Crippen molar-refractivity contribution >= 4 is 5.91 Å². The van der Waals surface area contributed by atoms with Gasteiger partial charge in [0.25, 0.3) is 5.91 Å². The van der Waals surface area contributed by atoms with E-state index in [2.05, 4.69) is 5.32 Å². The number of methoxy groups -OCH3 is 1. The quantitative estimate of drug-likeness (QED) is 0.918. The second-order valence-electron chi connectivity index (χ2n) is 4.38. The number of carbonyl (C=O) groups is 1. The highest BCUT2D eigenvalue weighted by Crippen LogP contribution is 2.16. The van der Waals surface area contributed by atoms with Gasteiger partial charge in [0.15, 0.2) is 0 Å². The van der Waals surface area contributed by atoms with Gasteiger partial charge in [0, 0.05) is 12.1 Å². The number of ether oxygens (including phenoxy) is 1. The third kappa shape index (κ3) is 2.96. The molecule has 0 atom stereocenters. The van der Waals surface area contributed by atoms with Gasteiger partial charge >= 0.3 is 0 Å². The van der Waals surface area contributed by atoms with Gasteiger partial charge in [0.2, 0.25) is 0 Å². The Morgan fingerprint density at radius 1 is 1.26 bits per heavy atom. The first kappa shape index (κ1) is 13.2. The zero-order chi connectivity index (χ0) is 13.8. The summed E-state index contributed by atoms with van der Waals surface area (Å²) in [4.78, 5) is 12.0. The van der Waals surface area contributed by atoms with Crippen molar-refractivity contribution in [1.29, 1.82) is 0 Å². The number of nitrogens with one attached hydrogen (secondary N) is 1. The van der Waals surface area contributed by atoms with Crippen LogP contribution in [-0.2, 0) is 6.54 Å². The van der Waals surface area contributed by atoms with Gasteiger partial charge in [0.05, 0.1) is 18.9 Å². The zero-order valence-corrected chi connectivity index (χ0v) is 11.3. The molecular formula is C15H17NO3. The van der Waals surface area contributed by atoms with Gasteiger partial charge in [0.1, 0.15) is 11.5 Å². The Kier molecular flexibility index (Phi) is 3.90. The second-order valence-corrected chi connectivity index (χ2v) is 4.38. The van der Waals surface area contributed by atoms with Crippen molar-refractivity contribution in [3.05, 3.63) is 53.0 Å². The topological polar surface area (TPSA) is 51.5 Å². The Hall–Kier alpha value is -2.23. The molecule has 4 heteroatoms. The summed E-state index contributed by atoms with van der Waals surface area (Å²) in [6.45, 7) is 4.13. The molecule has 0 saturated heterocycles. The molecule has 1 heterocycles. The lowest BCUT2D eigenvalue weighted by atomic mass is 10.1. The van der Waals surface area contributed by atoms with E-state index in [-0.39, 0.29) is 5.91 Å². The molecule has 2 aromatic rings. The third-order valence-corrected chi connectivity index (χ3v) is 3.00. The molecule has 1 amide bonds. The lowest BCUT2D eigenvalue weighted by molar-refractivity contribution is 0.0949. The predicted molar refractivity (Wildman–Crippen MR) is 72.3 cm³/mol. The van der Waals surface area contributed by atoms with E-state index in [1.807, 2.05) is 31.2 Å². The third-order valence-electron chi connectivity index (χ3n) is 3.00. The largest absolute Gasteiger partial charge is 0.497 e. The van der Waals surface area contributed by atoms with Crippen LogP contribution in [0.4, 0.5) is 0 Å². The highest BCUT2D eigenvalue weighted by Gasteiger charge is 2.14. The van der Waals surface area contributed by atoms with Gasteiger partial charge < -0.3 is 14.5 Å². The Morgan fingerprint density at radius 2 is 1.95 bits per heavy atom. The normalized spacial score (nSPS) is 10.3. The number of hydrogen-bond acceptors (Lipinski definition) is 3. The summed E-state index contributed by atoms with van der Waals surface area (Å²) in [5.41, 5.74) is 2.49. The van der Waals surface area contributed by atoms with Gasteiger partial charge in [-0.3, -0.25) is 4.79 Å². The highest BCUT2D eigenvalue weighted by molar-refractivity contribution is 5.96. The summed E-state index contributed by atoms with van der Waals surface area (Å²) in [6, 6.07) is 7.59. The average molecular weight is 259 g/mol. The zero-order valence-electron chi connectivity index (χ0n) is 11.3. The van der Waals surface area contributed by atoms with E-state index in [9.17, 15) is 4.79 Å². The molecule has 1 aromatic heterocycles. The molecule has 0 aliphatic carbocycles. The van der Waals surface area contributed by atoms with E-state index in [0.717, 1.165) is 16.9 Å². The van der Waals surface area contributed by atoms with E-state index < -0.39 is 0 Å². The van der Waals surface area contributed by atoms with Gasteiger partial charge in [-0.25, -0.2) is 0 Å². The summed E-state index contributed by atoms with van der Waals surface area (Å²) in [7, 11) is 1.63. The molecule has 0 unspecified atom stereocenters. The standard InChI is InChI=1S/C15H17NO3/c1-10-9-19-11(2)14(10)15(17)16-8-12-4-6-13(18-3)7-5-12/h4-7,9H,8H2,1-3H3,(H,16,17). The first-order valence-corrected chi connectivity index (χ1v) is 6.07. The Balaban J connectivity index is 2.00. The van der Waals surface area contributed by atoms with Crippen LogP contribution in [0.2, 0.25) is 0 Å². The average Bonchev–Trinajstić information content (AvgIpc) is 2.76. The van der Waals surface area contributed by atoms with Gasteiger partial charge in [-0.05, 0) is 31.5 Å². The molecule has 2 rings (SSSR count). The summed E-state index contributed by atoms with van der Waals surface area (Å²) < 4.78 is 10.3. The van der Waals surface area contributed by atoms with E-state index in [1.54, 1.807) is 20.3 Å². The minimum Gasteiger partial charge on any atom is -0.497 e. The van der Waals surface area contributed by atoms with Crippen LogP contribution in [0.25, 0.3) is 0 Å². The Labute approximate surface area is 112 Å². The highest BCUT2D eigenvalue weighted by atomic mass is 16.5. The molecule has 100 valence electrons. The number of furan rings is 1. The minimum absolute atomic E-state index is 0.112. The first-order chi connectivity index (χ1) is 9.11. The SMILES string of the molecule is COc1ccc(CNC(=O)c2c(C)coc2C)cc1. The van der Waals surface area contributed by atoms with Crippen molar-refractivity contribution < 1.29 is 13.9 Å². The van der Waals surface area contributed by atoms with Crippen LogP contribution in [0.5, 0.6) is 5.75 Å². The molecule has 4 nitrogen and oxygen atoms in total. The summed E-state index contributed by atoms with van der Waals surface area (Å²) in [5.74, 6) is 1.33. The minimum atomic E-state index is -0.112. The monoisotopic (exact) mass is 259 g/mol. The van der Waals surface area contributed by atoms with Crippen molar-refractivity contribution in [3.8, 4) is 5.75 Å². The van der Waals surface area contributed by atoms with E-state index in [0.29, 0.717) is 17.9 Å². The number of hydrogen-bond donors (Lipinski definition) is 1. The maximum atomic E-state index is 12.0. The van der Waals surface area contributed by atoms with Crippen LogP contribution in [0.15, 0.2) is 34.9 Å². The van der Waals surface area contributed by atoms with Crippen LogP contribution in [0.3, 0.4) is 0 Å². The number of aryl methyl sites for hydroxylation is 2.